The topological polar surface area (TPSA) is 6.48 Å². The number of benzene rings is 5. The van der Waals surface area contributed by atoms with Gasteiger partial charge in [-0.25, -0.2) is 0 Å². The van der Waals surface area contributed by atoms with E-state index in [4.69, 9.17) is 46.4 Å². The van der Waals surface area contributed by atoms with Crippen LogP contribution < -0.4 is 0 Å². The summed E-state index contributed by atoms with van der Waals surface area (Å²) >= 11 is 26.7. The SMILES string of the molecule is Clc1ccccc1CN(CC[C@@H](/C=C/c1ccccc1)N(Cc1ccccc1Cl)Cc1ccccc1Cl)Cc1ccccc1Cl. The molecule has 0 aromatic heterocycles. The molecule has 0 aliphatic rings. The normalized spacial score (nSPS) is 12.3. The molecular weight excluding hydrogens is 638 g/mol. The van der Waals surface area contributed by atoms with Gasteiger partial charge >= 0.3 is 0 Å². The summed E-state index contributed by atoms with van der Waals surface area (Å²) in [7, 11) is 0. The number of hydrogen-bond donors (Lipinski definition) is 0. The number of hydrogen-bond acceptors (Lipinski definition) is 2. The van der Waals surface area contributed by atoms with Crippen molar-refractivity contribution in [2.45, 2.75) is 38.6 Å². The smallest absolute Gasteiger partial charge is 0.0451 e. The summed E-state index contributed by atoms with van der Waals surface area (Å²) in [6, 6.07) is 42.7. The van der Waals surface area contributed by atoms with E-state index >= 15 is 0 Å². The van der Waals surface area contributed by atoms with Gasteiger partial charge in [0.2, 0.25) is 0 Å². The van der Waals surface area contributed by atoms with E-state index in [-0.39, 0.29) is 6.04 Å². The molecule has 0 aliphatic heterocycles. The highest BCUT2D eigenvalue weighted by atomic mass is 35.5. The molecule has 230 valence electrons. The van der Waals surface area contributed by atoms with Crippen LogP contribution in [0.3, 0.4) is 0 Å². The number of rotatable bonds is 14. The Bertz CT molecular complexity index is 1590. The van der Waals surface area contributed by atoms with Crippen molar-refractivity contribution in [3.05, 3.63) is 181 Å². The van der Waals surface area contributed by atoms with Crippen LogP contribution in [0.4, 0.5) is 0 Å². The van der Waals surface area contributed by atoms with E-state index in [1.54, 1.807) is 0 Å². The third-order valence-corrected chi connectivity index (χ3v) is 9.36. The van der Waals surface area contributed by atoms with Crippen LogP contribution in [0.5, 0.6) is 0 Å². The minimum atomic E-state index is 0.0674. The zero-order valence-corrected chi connectivity index (χ0v) is 28.0. The Labute approximate surface area is 287 Å². The van der Waals surface area contributed by atoms with Gasteiger partial charge in [-0.3, -0.25) is 9.80 Å². The van der Waals surface area contributed by atoms with Crippen molar-refractivity contribution in [3.63, 3.8) is 0 Å². The largest absolute Gasteiger partial charge is 0.295 e. The van der Waals surface area contributed by atoms with Crippen LogP contribution in [0.2, 0.25) is 20.1 Å². The van der Waals surface area contributed by atoms with Gasteiger partial charge in [-0.2, -0.15) is 0 Å². The third kappa shape index (κ3) is 9.95. The average molecular weight is 675 g/mol. The summed E-state index contributed by atoms with van der Waals surface area (Å²) in [5, 5.41) is 3.04. The second kappa shape index (κ2) is 17.0. The van der Waals surface area contributed by atoms with Crippen molar-refractivity contribution in [1.82, 2.24) is 9.80 Å². The van der Waals surface area contributed by atoms with Crippen LogP contribution in [0.1, 0.15) is 34.2 Å². The van der Waals surface area contributed by atoms with Crippen molar-refractivity contribution in [3.8, 4) is 0 Å². The lowest BCUT2D eigenvalue weighted by Crippen LogP contribution is -2.36. The highest BCUT2D eigenvalue weighted by Crippen LogP contribution is 2.27. The van der Waals surface area contributed by atoms with Gasteiger partial charge < -0.3 is 0 Å². The molecular formula is C39H36Cl4N2. The van der Waals surface area contributed by atoms with Crippen LogP contribution in [-0.4, -0.2) is 22.4 Å². The van der Waals surface area contributed by atoms with Crippen molar-refractivity contribution >= 4 is 52.5 Å². The molecule has 5 aromatic rings. The molecule has 0 fully saturated rings. The second-order valence-corrected chi connectivity index (χ2v) is 12.7. The molecule has 1 atom stereocenters. The van der Waals surface area contributed by atoms with Gasteiger partial charge in [0, 0.05) is 58.9 Å². The standard InChI is InChI=1S/C39H36Cl4N2/c40-36-18-8-4-14-31(36)26-44(27-32-15-5-9-19-37(32)41)25-24-35(23-22-30-12-2-1-3-13-30)45(28-33-16-6-10-20-38(33)42)29-34-17-7-11-21-39(34)43/h1-23,35H,24-29H2/b23-22+/t35-/m1/s1. The lowest BCUT2D eigenvalue weighted by Gasteiger charge is -2.33. The maximum Gasteiger partial charge on any atom is 0.0451 e. The van der Waals surface area contributed by atoms with Gasteiger partial charge in [0.05, 0.1) is 0 Å². The van der Waals surface area contributed by atoms with Crippen molar-refractivity contribution in [2.24, 2.45) is 0 Å². The summed E-state index contributed by atoms with van der Waals surface area (Å²) in [5.41, 5.74) is 5.49. The minimum absolute atomic E-state index is 0.0674. The maximum atomic E-state index is 6.71. The summed E-state index contributed by atoms with van der Waals surface area (Å²) < 4.78 is 0. The molecule has 5 aromatic carbocycles. The quantitative estimate of drug-likeness (QED) is 0.116. The Kier molecular flexibility index (Phi) is 12.6. The molecule has 0 heterocycles. The molecule has 0 saturated carbocycles. The van der Waals surface area contributed by atoms with Gasteiger partial charge in [0.1, 0.15) is 0 Å². The van der Waals surface area contributed by atoms with Crippen LogP contribution in [0.25, 0.3) is 6.08 Å². The Hall–Kier alpha value is -3.08. The molecule has 0 unspecified atom stereocenters. The fraction of sp³-hybridized carbons (Fsp3) is 0.179. The maximum absolute atomic E-state index is 6.71. The van der Waals surface area contributed by atoms with Gasteiger partial charge in [0.15, 0.2) is 0 Å². The molecule has 45 heavy (non-hydrogen) atoms. The van der Waals surface area contributed by atoms with Crippen molar-refractivity contribution in [1.29, 1.82) is 0 Å². The Balaban J connectivity index is 1.48. The molecule has 0 amide bonds. The van der Waals surface area contributed by atoms with E-state index in [1.165, 1.54) is 0 Å². The predicted octanol–water partition coefficient (Wildman–Crippen LogP) is 11.5. The van der Waals surface area contributed by atoms with Gasteiger partial charge in [0.25, 0.3) is 0 Å². The van der Waals surface area contributed by atoms with Crippen LogP contribution >= 0.6 is 46.4 Å². The molecule has 0 N–H and O–H groups in total. The van der Waals surface area contributed by atoms with E-state index in [9.17, 15) is 0 Å². The minimum Gasteiger partial charge on any atom is -0.295 e. The number of halogens is 4. The van der Waals surface area contributed by atoms with E-state index in [1.807, 2.05) is 78.9 Å². The summed E-state index contributed by atoms with van der Waals surface area (Å²) in [6.45, 7) is 3.55. The molecule has 0 aliphatic carbocycles. The van der Waals surface area contributed by atoms with E-state index in [2.05, 4.69) is 70.5 Å². The first-order chi connectivity index (χ1) is 22.0. The zero-order chi connectivity index (χ0) is 31.4. The average Bonchev–Trinajstić information content (AvgIpc) is 3.05. The van der Waals surface area contributed by atoms with Crippen LogP contribution in [0, 0.1) is 0 Å². The molecule has 0 radical (unpaired) electrons. The van der Waals surface area contributed by atoms with E-state index in [0.29, 0.717) is 26.2 Å². The van der Waals surface area contributed by atoms with Gasteiger partial charge in [-0.15, -0.1) is 0 Å². The fourth-order valence-corrected chi connectivity index (χ4v) is 6.21. The van der Waals surface area contributed by atoms with Crippen molar-refractivity contribution < 1.29 is 0 Å². The molecule has 5 rings (SSSR count). The monoisotopic (exact) mass is 672 g/mol. The molecule has 0 saturated heterocycles. The van der Waals surface area contributed by atoms with E-state index < -0.39 is 0 Å². The van der Waals surface area contributed by atoms with Gasteiger partial charge in [-0.1, -0.05) is 162 Å². The van der Waals surface area contributed by atoms with E-state index in [0.717, 1.165) is 60.9 Å². The lowest BCUT2D eigenvalue weighted by atomic mass is 10.0. The van der Waals surface area contributed by atoms with Crippen LogP contribution in [-0.2, 0) is 26.2 Å². The Morgan fingerprint density at radius 3 is 1.27 bits per heavy atom. The summed E-state index contributed by atoms with van der Waals surface area (Å²) in [4.78, 5) is 4.89. The first-order valence-electron chi connectivity index (χ1n) is 15.1. The third-order valence-electron chi connectivity index (χ3n) is 7.89. The first-order valence-corrected chi connectivity index (χ1v) is 16.6. The Morgan fingerprint density at radius 1 is 0.467 bits per heavy atom. The highest BCUT2D eigenvalue weighted by molar-refractivity contribution is 6.32. The summed E-state index contributed by atoms with van der Waals surface area (Å²) in [5.74, 6) is 0. The molecule has 0 bridgehead atoms. The van der Waals surface area contributed by atoms with Gasteiger partial charge in [-0.05, 0) is 58.5 Å². The zero-order valence-electron chi connectivity index (χ0n) is 25.0. The highest BCUT2D eigenvalue weighted by Gasteiger charge is 2.21. The second-order valence-electron chi connectivity index (χ2n) is 11.1. The molecule has 6 heteroatoms. The fourth-order valence-electron chi connectivity index (χ4n) is 5.43. The van der Waals surface area contributed by atoms with Crippen molar-refractivity contribution in [2.75, 3.05) is 6.54 Å². The number of nitrogens with zero attached hydrogens (tertiary/aromatic N) is 2. The molecule has 2 nitrogen and oxygen atoms in total. The Morgan fingerprint density at radius 2 is 0.844 bits per heavy atom. The predicted molar refractivity (Wildman–Crippen MR) is 193 cm³/mol. The van der Waals surface area contributed by atoms with Crippen LogP contribution in [0.15, 0.2) is 133 Å². The molecule has 0 spiro atoms. The summed E-state index contributed by atoms with van der Waals surface area (Å²) in [6.07, 6.45) is 5.38. The first kappa shape index (κ1) is 33.3. The lowest BCUT2D eigenvalue weighted by molar-refractivity contribution is 0.171.